The highest BCUT2D eigenvalue weighted by Crippen LogP contribution is 2.19. The number of amides is 1. The molecule has 0 aromatic heterocycles. The molecule has 0 bridgehead atoms. The second kappa shape index (κ2) is 7.00. The summed E-state index contributed by atoms with van der Waals surface area (Å²) in [5.41, 5.74) is 0. The molecule has 0 aromatic carbocycles. The van der Waals surface area contributed by atoms with Crippen molar-refractivity contribution in [3.63, 3.8) is 0 Å². The Kier molecular flexibility index (Phi) is 5.96. The van der Waals surface area contributed by atoms with E-state index in [0.29, 0.717) is 12.0 Å². The molecule has 1 fully saturated rings. The maximum absolute atomic E-state index is 12.1. The normalized spacial score (nSPS) is 23.0. The third kappa shape index (κ3) is 4.66. The Balaban J connectivity index is 2.42. The van der Waals surface area contributed by atoms with Gasteiger partial charge in [-0.3, -0.25) is 9.69 Å². The van der Waals surface area contributed by atoms with Gasteiger partial charge in [0.2, 0.25) is 5.91 Å². The maximum atomic E-state index is 12.1. The minimum absolute atomic E-state index is 0.128. The maximum Gasteiger partial charge on any atom is 0.237 e. The molecule has 0 radical (unpaired) electrons. The van der Waals surface area contributed by atoms with E-state index in [-0.39, 0.29) is 11.9 Å². The molecule has 1 rings (SSSR count). The van der Waals surface area contributed by atoms with Gasteiger partial charge < -0.3 is 5.32 Å². The molecule has 3 nitrogen and oxygen atoms in total. The van der Waals surface area contributed by atoms with Crippen LogP contribution in [-0.4, -0.2) is 36.0 Å². The molecule has 0 aromatic rings. The van der Waals surface area contributed by atoms with Gasteiger partial charge in [-0.2, -0.15) is 0 Å². The monoisotopic (exact) mass is 240 g/mol. The third-order valence-corrected chi connectivity index (χ3v) is 3.66. The minimum atomic E-state index is 0.128. The smallest absolute Gasteiger partial charge is 0.237 e. The molecular weight excluding hydrogens is 212 g/mol. The Bertz CT molecular complexity index is 240. The molecule has 1 aliphatic rings. The molecule has 1 heterocycles. The van der Waals surface area contributed by atoms with Crippen molar-refractivity contribution in [2.45, 2.75) is 65.5 Å². The Labute approximate surface area is 106 Å². The molecule has 1 unspecified atom stereocenters. The van der Waals surface area contributed by atoms with Gasteiger partial charge in [-0.1, -0.05) is 20.8 Å². The molecule has 0 aliphatic carbocycles. The number of nitrogens with zero attached hydrogens (tertiary/aromatic N) is 1. The van der Waals surface area contributed by atoms with Crippen molar-refractivity contribution < 1.29 is 4.79 Å². The van der Waals surface area contributed by atoms with Gasteiger partial charge in [0.1, 0.15) is 0 Å². The predicted molar refractivity (Wildman–Crippen MR) is 71.9 cm³/mol. The van der Waals surface area contributed by atoms with Crippen molar-refractivity contribution in [1.29, 1.82) is 0 Å². The Morgan fingerprint density at radius 1 is 1.41 bits per heavy atom. The van der Waals surface area contributed by atoms with Crippen LogP contribution in [0.25, 0.3) is 0 Å². The molecule has 1 N–H and O–H groups in total. The molecule has 2 atom stereocenters. The van der Waals surface area contributed by atoms with Crippen molar-refractivity contribution in [3.8, 4) is 0 Å². The molecular formula is C14H28N2O. The molecule has 1 aliphatic heterocycles. The van der Waals surface area contributed by atoms with Crippen molar-refractivity contribution in [2.24, 2.45) is 5.92 Å². The lowest BCUT2D eigenvalue weighted by atomic mass is 10.1. The number of likely N-dealkylation sites (tertiary alicyclic amines) is 1. The Morgan fingerprint density at radius 2 is 2.12 bits per heavy atom. The summed E-state index contributed by atoms with van der Waals surface area (Å²) in [5.74, 6) is 0.953. The van der Waals surface area contributed by atoms with Crippen molar-refractivity contribution in [2.75, 3.05) is 13.1 Å². The first-order chi connectivity index (χ1) is 8.04. The standard InChI is InChI=1S/C14H28N2O/c1-5-12(4)15-14(17)13-7-6-9-16(13)10-8-11(2)3/h11-13H,5-10H2,1-4H3,(H,15,17)/t12?,13-/m0/s1. The molecule has 0 saturated carbocycles. The second-order valence-corrected chi connectivity index (χ2v) is 5.69. The zero-order chi connectivity index (χ0) is 12.8. The summed E-state index contributed by atoms with van der Waals surface area (Å²) in [6.45, 7) is 10.8. The van der Waals surface area contributed by atoms with E-state index in [4.69, 9.17) is 0 Å². The SMILES string of the molecule is CCC(C)NC(=O)[C@@H]1CCCN1CCC(C)C. The average Bonchev–Trinajstić information content (AvgIpc) is 2.74. The predicted octanol–water partition coefficient (Wildman–Crippen LogP) is 2.41. The van der Waals surface area contributed by atoms with E-state index in [1.165, 1.54) is 6.42 Å². The lowest BCUT2D eigenvalue weighted by Gasteiger charge is -2.25. The fraction of sp³-hybridized carbons (Fsp3) is 0.929. The Morgan fingerprint density at radius 3 is 2.71 bits per heavy atom. The van der Waals surface area contributed by atoms with E-state index >= 15 is 0 Å². The molecule has 1 saturated heterocycles. The fourth-order valence-electron chi connectivity index (χ4n) is 2.26. The van der Waals surface area contributed by atoms with Gasteiger partial charge in [0.15, 0.2) is 0 Å². The van der Waals surface area contributed by atoms with Crippen LogP contribution >= 0.6 is 0 Å². The van der Waals surface area contributed by atoms with Crippen LogP contribution in [0.5, 0.6) is 0 Å². The largest absolute Gasteiger partial charge is 0.352 e. The zero-order valence-corrected chi connectivity index (χ0v) is 11.8. The summed E-state index contributed by atoms with van der Waals surface area (Å²) in [6, 6.07) is 0.429. The van der Waals surface area contributed by atoms with Gasteiger partial charge in [0, 0.05) is 6.04 Å². The lowest BCUT2D eigenvalue weighted by molar-refractivity contribution is -0.126. The van der Waals surface area contributed by atoms with Gasteiger partial charge in [-0.15, -0.1) is 0 Å². The van der Waals surface area contributed by atoms with Crippen LogP contribution in [0, 0.1) is 5.92 Å². The average molecular weight is 240 g/mol. The third-order valence-electron chi connectivity index (χ3n) is 3.66. The van der Waals surface area contributed by atoms with E-state index in [9.17, 15) is 4.79 Å². The first-order valence-electron chi connectivity index (χ1n) is 7.09. The molecule has 1 amide bonds. The number of nitrogens with one attached hydrogen (secondary N) is 1. The minimum Gasteiger partial charge on any atom is -0.352 e. The van der Waals surface area contributed by atoms with E-state index in [2.05, 4.69) is 37.9 Å². The first-order valence-corrected chi connectivity index (χ1v) is 7.09. The number of carbonyl (C=O) groups excluding carboxylic acids is 1. The van der Waals surface area contributed by atoms with E-state index < -0.39 is 0 Å². The van der Waals surface area contributed by atoms with Crippen molar-refractivity contribution >= 4 is 5.91 Å². The molecule has 100 valence electrons. The van der Waals surface area contributed by atoms with E-state index in [1.54, 1.807) is 0 Å². The highest BCUT2D eigenvalue weighted by atomic mass is 16.2. The fourth-order valence-corrected chi connectivity index (χ4v) is 2.26. The lowest BCUT2D eigenvalue weighted by Crippen LogP contribution is -2.46. The van der Waals surface area contributed by atoms with E-state index in [1.807, 2.05) is 0 Å². The Hall–Kier alpha value is -0.570. The second-order valence-electron chi connectivity index (χ2n) is 5.69. The van der Waals surface area contributed by atoms with Crippen LogP contribution < -0.4 is 5.32 Å². The van der Waals surface area contributed by atoms with Gasteiger partial charge >= 0.3 is 0 Å². The van der Waals surface area contributed by atoms with Crippen LogP contribution in [0.2, 0.25) is 0 Å². The van der Waals surface area contributed by atoms with Gasteiger partial charge in [0.25, 0.3) is 0 Å². The molecule has 0 spiro atoms. The summed E-state index contributed by atoms with van der Waals surface area (Å²) in [7, 11) is 0. The van der Waals surface area contributed by atoms with Crippen molar-refractivity contribution in [1.82, 2.24) is 10.2 Å². The molecule has 3 heteroatoms. The van der Waals surface area contributed by atoms with Crippen LogP contribution in [0.1, 0.15) is 53.4 Å². The highest BCUT2D eigenvalue weighted by Gasteiger charge is 2.30. The van der Waals surface area contributed by atoms with E-state index in [0.717, 1.165) is 32.4 Å². The number of hydrogen-bond donors (Lipinski definition) is 1. The topological polar surface area (TPSA) is 32.3 Å². The van der Waals surface area contributed by atoms with Crippen LogP contribution in [0.4, 0.5) is 0 Å². The van der Waals surface area contributed by atoms with Crippen LogP contribution in [0.15, 0.2) is 0 Å². The summed E-state index contributed by atoms with van der Waals surface area (Å²) >= 11 is 0. The summed E-state index contributed by atoms with van der Waals surface area (Å²) in [6.07, 6.45) is 4.38. The summed E-state index contributed by atoms with van der Waals surface area (Å²) in [5, 5.41) is 3.11. The van der Waals surface area contributed by atoms with Crippen LogP contribution in [0.3, 0.4) is 0 Å². The van der Waals surface area contributed by atoms with Gasteiger partial charge in [-0.05, 0) is 51.6 Å². The first kappa shape index (κ1) is 14.5. The quantitative estimate of drug-likeness (QED) is 0.773. The van der Waals surface area contributed by atoms with Gasteiger partial charge in [-0.25, -0.2) is 0 Å². The molecule has 17 heavy (non-hydrogen) atoms. The van der Waals surface area contributed by atoms with Gasteiger partial charge in [0.05, 0.1) is 6.04 Å². The summed E-state index contributed by atoms with van der Waals surface area (Å²) in [4.78, 5) is 14.5. The summed E-state index contributed by atoms with van der Waals surface area (Å²) < 4.78 is 0. The van der Waals surface area contributed by atoms with Crippen LogP contribution in [-0.2, 0) is 4.79 Å². The number of rotatable bonds is 6. The number of carbonyl (C=O) groups is 1. The highest BCUT2D eigenvalue weighted by molar-refractivity contribution is 5.82. The van der Waals surface area contributed by atoms with Crippen molar-refractivity contribution in [3.05, 3.63) is 0 Å². The zero-order valence-electron chi connectivity index (χ0n) is 11.8. The number of hydrogen-bond acceptors (Lipinski definition) is 2.